The minimum absolute atomic E-state index is 0.0191. The number of rotatable bonds is 5. The summed E-state index contributed by atoms with van der Waals surface area (Å²) in [5.41, 5.74) is 1.46. The van der Waals surface area contributed by atoms with Gasteiger partial charge in [0.2, 0.25) is 0 Å². The summed E-state index contributed by atoms with van der Waals surface area (Å²) in [5.74, 6) is -3.40. The van der Waals surface area contributed by atoms with Crippen molar-refractivity contribution in [3.8, 4) is 0 Å². The summed E-state index contributed by atoms with van der Waals surface area (Å²) in [4.78, 5) is 23.9. The van der Waals surface area contributed by atoms with Crippen molar-refractivity contribution in [3.05, 3.63) is 107 Å². The first-order chi connectivity index (χ1) is 15.9. The first-order valence-electron chi connectivity index (χ1n) is 10.6. The third-order valence-electron chi connectivity index (χ3n) is 5.63. The van der Waals surface area contributed by atoms with Gasteiger partial charge < -0.3 is 10.2 Å². The number of piperidine rings is 1. The molecule has 0 atom stereocenters. The number of aromatic carboxylic acids is 2. The van der Waals surface area contributed by atoms with Gasteiger partial charge in [-0.1, -0.05) is 48.5 Å². The Bertz CT molecular complexity index is 1100. The number of carboxylic acids is 2. The van der Waals surface area contributed by atoms with Gasteiger partial charge in [-0.3, -0.25) is 4.90 Å². The van der Waals surface area contributed by atoms with Crippen molar-refractivity contribution in [2.24, 2.45) is 0 Å². The van der Waals surface area contributed by atoms with Crippen LogP contribution in [-0.4, -0.2) is 40.1 Å². The van der Waals surface area contributed by atoms with Crippen molar-refractivity contribution in [2.75, 3.05) is 13.1 Å². The van der Waals surface area contributed by atoms with Crippen LogP contribution in [0.4, 0.5) is 8.78 Å². The smallest absolute Gasteiger partial charge is 0.338 e. The summed E-state index contributed by atoms with van der Waals surface area (Å²) < 4.78 is 26.6. The van der Waals surface area contributed by atoms with Crippen LogP contribution in [0.15, 0.2) is 72.8 Å². The van der Waals surface area contributed by atoms with Crippen LogP contribution in [0.5, 0.6) is 0 Å². The molecule has 0 amide bonds. The van der Waals surface area contributed by atoms with Gasteiger partial charge in [0.15, 0.2) is 0 Å². The number of hydrogen-bond donors (Lipinski definition) is 2. The molecule has 3 aromatic rings. The predicted octanol–water partition coefficient (Wildman–Crippen LogP) is 5.43. The molecule has 1 aliphatic heterocycles. The summed E-state index contributed by atoms with van der Waals surface area (Å²) in [7, 11) is 0. The van der Waals surface area contributed by atoms with Crippen LogP contribution in [-0.2, 0) is 6.54 Å². The Morgan fingerprint density at radius 2 is 1.30 bits per heavy atom. The molecule has 33 heavy (non-hydrogen) atoms. The van der Waals surface area contributed by atoms with Crippen molar-refractivity contribution in [2.45, 2.75) is 25.3 Å². The number of carboxylic acid groups (broad SMARTS) is 2. The maximum Gasteiger partial charge on any atom is 0.338 e. The number of nitrogens with zero attached hydrogens (tertiary/aromatic N) is 1. The van der Waals surface area contributed by atoms with Gasteiger partial charge >= 0.3 is 11.9 Å². The van der Waals surface area contributed by atoms with Crippen molar-refractivity contribution in [1.82, 2.24) is 4.90 Å². The highest BCUT2D eigenvalue weighted by molar-refractivity contribution is 5.89. The molecule has 4 rings (SSSR count). The van der Waals surface area contributed by atoms with Crippen LogP contribution < -0.4 is 0 Å². The molecule has 1 fully saturated rings. The lowest BCUT2D eigenvalue weighted by atomic mass is 9.86. The summed E-state index contributed by atoms with van der Waals surface area (Å²) in [6, 6.07) is 19.8. The first kappa shape index (κ1) is 24.1. The van der Waals surface area contributed by atoms with E-state index >= 15 is 0 Å². The van der Waals surface area contributed by atoms with E-state index in [9.17, 15) is 23.5 Å². The Kier molecular flexibility index (Phi) is 8.27. The quantitative estimate of drug-likeness (QED) is 0.539. The predicted molar refractivity (Wildman–Crippen MR) is 120 cm³/mol. The standard InChI is InChI=1S/C19H20FNO2.C7H5FO2/c20-17-8-4-7-16(19(22)23)18(17)15-9-11-21(12-10-15)13-14-5-2-1-3-6-14;8-6-4-2-1-3-5(6)7(9)10/h1-8,15H,9-13H2,(H,22,23);1-4H,(H,9,10). The Morgan fingerprint density at radius 3 is 1.88 bits per heavy atom. The highest BCUT2D eigenvalue weighted by Gasteiger charge is 2.27. The molecular formula is C26H25F2NO4. The van der Waals surface area contributed by atoms with Gasteiger partial charge in [-0.05, 0) is 61.7 Å². The normalized spacial score (nSPS) is 14.2. The largest absolute Gasteiger partial charge is 0.478 e. The van der Waals surface area contributed by atoms with Crippen molar-refractivity contribution >= 4 is 11.9 Å². The minimum Gasteiger partial charge on any atom is -0.478 e. The number of benzene rings is 3. The zero-order valence-electron chi connectivity index (χ0n) is 18.0. The van der Waals surface area contributed by atoms with Gasteiger partial charge in [0.05, 0.1) is 11.1 Å². The van der Waals surface area contributed by atoms with Gasteiger partial charge in [-0.2, -0.15) is 0 Å². The van der Waals surface area contributed by atoms with E-state index in [-0.39, 0.29) is 17.0 Å². The minimum atomic E-state index is -1.24. The molecule has 1 saturated heterocycles. The molecule has 0 unspecified atom stereocenters. The summed E-state index contributed by atoms with van der Waals surface area (Å²) in [6.45, 7) is 2.59. The summed E-state index contributed by atoms with van der Waals surface area (Å²) in [5, 5.41) is 17.6. The van der Waals surface area contributed by atoms with Crippen LogP contribution in [0.3, 0.4) is 0 Å². The van der Waals surface area contributed by atoms with Crippen LogP contribution in [0, 0.1) is 11.6 Å². The molecule has 1 heterocycles. The fourth-order valence-electron chi connectivity index (χ4n) is 3.99. The zero-order chi connectivity index (χ0) is 23.8. The highest BCUT2D eigenvalue weighted by Crippen LogP contribution is 2.32. The Labute approximate surface area is 190 Å². The van der Waals surface area contributed by atoms with E-state index in [0.29, 0.717) is 5.56 Å². The van der Waals surface area contributed by atoms with Gasteiger partial charge in [0.1, 0.15) is 11.6 Å². The van der Waals surface area contributed by atoms with Gasteiger partial charge in [0, 0.05) is 12.1 Å². The van der Waals surface area contributed by atoms with Crippen LogP contribution in [0.1, 0.15) is 50.6 Å². The van der Waals surface area contributed by atoms with E-state index in [1.165, 1.54) is 42.0 Å². The summed E-state index contributed by atoms with van der Waals surface area (Å²) >= 11 is 0. The lowest BCUT2D eigenvalue weighted by Crippen LogP contribution is -2.33. The fourth-order valence-corrected chi connectivity index (χ4v) is 3.99. The summed E-state index contributed by atoms with van der Waals surface area (Å²) in [6.07, 6.45) is 1.57. The van der Waals surface area contributed by atoms with E-state index in [1.807, 2.05) is 18.2 Å². The van der Waals surface area contributed by atoms with Crippen molar-refractivity contribution in [1.29, 1.82) is 0 Å². The second-order valence-corrected chi connectivity index (χ2v) is 7.83. The first-order valence-corrected chi connectivity index (χ1v) is 10.6. The third kappa shape index (κ3) is 6.46. The van der Waals surface area contributed by atoms with Crippen molar-refractivity contribution < 1.29 is 28.6 Å². The molecule has 7 heteroatoms. The highest BCUT2D eigenvalue weighted by atomic mass is 19.1. The Balaban J connectivity index is 0.000000257. The van der Waals surface area contributed by atoms with E-state index in [2.05, 4.69) is 17.0 Å². The number of likely N-dealkylation sites (tertiary alicyclic amines) is 1. The van der Waals surface area contributed by atoms with Crippen LogP contribution >= 0.6 is 0 Å². The number of carbonyl (C=O) groups is 2. The van der Waals surface area contributed by atoms with E-state index in [1.54, 1.807) is 0 Å². The van der Waals surface area contributed by atoms with Crippen LogP contribution in [0.2, 0.25) is 0 Å². The molecule has 0 aromatic heterocycles. The lowest BCUT2D eigenvalue weighted by Gasteiger charge is -2.32. The van der Waals surface area contributed by atoms with E-state index in [0.717, 1.165) is 38.5 Å². The molecule has 0 spiro atoms. The average molecular weight is 453 g/mol. The fraction of sp³-hybridized carbons (Fsp3) is 0.231. The SMILES string of the molecule is O=C(O)c1cccc(F)c1C1CCN(Cc2ccccc2)CC1.O=C(O)c1ccccc1F. The molecule has 0 bridgehead atoms. The third-order valence-corrected chi connectivity index (χ3v) is 5.63. The van der Waals surface area contributed by atoms with Gasteiger partial charge in [-0.25, -0.2) is 18.4 Å². The topological polar surface area (TPSA) is 77.8 Å². The number of hydrogen-bond acceptors (Lipinski definition) is 3. The average Bonchev–Trinajstić information content (AvgIpc) is 2.81. The molecule has 3 aromatic carbocycles. The molecular weight excluding hydrogens is 428 g/mol. The van der Waals surface area contributed by atoms with Gasteiger partial charge in [0.25, 0.3) is 0 Å². The molecule has 0 aliphatic carbocycles. The maximum atomic E-state index is 14.2. The molecule has 1 aliphatic rings. The second-order valence-electron chi connectivity index (χ2n) is 7.83. The zero-order valence-corrected chi connectivity index (χ0v) is 18.0. The molecule has 5 nitrogen and oxygen atoms in total. The molecule has 0 radical (unpaired) electrons. The second kappa shape index (κ2) is 11.3. The monoisotopic (exact) mass is 453 g/mol. The van der Waals surface area contributed by atoms with Gasteiger partial charge in [-0.15, -0.1) is 0 Å². The molecule has 172 valence electrons. The molecule has 2 N–H and O–H groups in total. The Morgan fingerprint density at radius 1 is 0.758 bits per heavy atom. The molecule has 0 saturated carbocycles. The van der Waals surface area contributed by atoms with E-state index in [4.69, 9.17) is 5.11 Å². The van der Waals surface area contributed by atoms with Crippen LogP contribution in [0.25, 0.3) is 0 Å². The maximum absolute atomic E-state index is 14.2. The number of halogens is 2. The van der Waals surface area contributed by atoms with Crippen molar-refractivity contribution in [3.63, 3.8) is 0 Å². The lowest BCUT2D eigenvalue weighted by molar-refractivity contribution is 0.0681. The Hall–Kier alpha value is -3.58. The van der Waals surface area contributed by atoms with E-state index < -0.39 is 23.6 Å².